The van der Waals surface area contributed by atoms with Crippen LogP contribution in [0.3, 0.4) is 0 Å². The van der Waals surface area contributed by atoms with E-state index in [1.165, 1.54) is 86.0 Å². The first-order chi connectivity index (χ1) is 31.0. The molecule has 0 spiro atoms. The summed E-state index contributed by atoms with van der Waals surface area (Å²) in [4.78, 5) is -4.49. The first kappa shape index (κ1) is 52.4. The fraction of sp³-hybridized carbons (Fsp3) is 0.163. The Hall–Kier alpha value is -5.60. The van der Waals surface area contributed by atoms with Gasteiger partial charge in [-0.15, -0.1) is 0 Å². The van der Waals surface area contributed by atoms with Crippen LogP contribution in [-0.4, -0.2) is 75.2 Å². The highest BCUT2D eigenvalue weighted by Crippen LogP contribution is 2.37. The molecular formula is C43H42F2N2O14S6. The average Bonchev–Trinajstić information content (AvgIpc) is 3.25. The van der Waals surface area contributed by atoms with E-state index in [-0.39, 0.29) is 15.5 Å². The van der Waals surface area contributed by atoms with Gasteiger partial charge in [0.1, 0.15) is 32.9 Å². The Labute approximate surface area is 388 Å². The molecule has 6 aromatic carbocycles. The molecule has 24 heteroatoms. The highest BCUT2D eigenvalue weighted by atomic mass is 32.2. The first-order valence-electron chi connectivity index (χ1n) is 19.2. The van der Waals surface area contributed by atoms with Gasteiger partial charge in [0.25, 0.3) is 0 Å². The number of aromatic hydroxyl groups is 1. The lowest BCUT2D eigenvalue weighted by molar-refractivity contribution is 0.412. The van der Waals surface area contributed by atoms with Gasteiger partial charge >= 0.3 is 0 Å². The molecule has 6 rings (SSSR count). The second kappa shape index (κ2) is 19.9. The molecule has 67 heavy (non-hydrogen) atoms. The zero-order valence-corrected chi connectivity index (χ0v) is 40.7. The van der Waals surface area contributed by atoms with Crippen LogP contribution in [-0.2, 0) is 59.4 Å². The summed E-state index contributed by atoms with van der Waals surface area (Å²) in [5, 5.41) is 9.83. The van der Waals surface area contributed by atoms with Crippen molar-refractivity contribution in [2.45, 2.75) is 65.1 Å². The third-order valence-electron chi connectivity index (χ3n) is 9.65. The molecule has 6 aromatic rings. The van der Waals surface area contributed by atoms with Crippen molar-refractivity contribution in [2.24, 2.45) is 0 Å². The van der Waals surface area contributed by atoms with Crippen LogP contribution in [0.5, 0.6) is 11.5 Å². The van der Waals surface area contributed by atoms with Crippen molar-refractivity contribution in [3.05, 3.63) is 156 Å². The Morgan fingerprint density at radius 3 is 1.16 bits per heavy atom. The minimum Gasteiger partial charge on any atom is -0.508 e. The number of methoxy groups -OCH3 is 1. The van der Waals surface area contributed by atoms with Gasteiger partial charge in [-0.25, -0.2) is 68.7 Å². The average molecular weight is 1040 g/mol. The van der Waals surface area contributed by atoms with E-state index in [0.29, 0.717) is 11.1 Å². The van der Waals surface area contributed by atoms with Gasteiger partial charge in [0.2, 0.25) is 59.4 Å². The second-order valence-electron chi connectivity index (χ2n) is 14.7. The summed E-state index contributed by atoms with van der Waals surface area (Å²) in [7, 11) is -23.7. The fourth-order valence-corrected chi connectivity index (χ4v) is 14.8. The number of sulfone groups is 4. The van der Waals surface area contributed by atoms with Crippen molar-refractivity contribution in [3.63, 3.8) is 0 Å². The molecule has 0 fully saturated rings. The lowest BCUT2D eigenvalue weighted by Crippen LogP contribution is -2.25. The van der Waals surface area contributed by atoms with Crippen LogP contribution >= 0.6 is 0 Å². The van der Waals surface area contributed by atoms with Gasteiger partial charge in [0.15, 0.2) is 0 Å². The number of ether oxygens (including phenoxy) is 1. The van der Waals surface area contributed by atoms with Crippen LogP contribution in [0.4, 0.5) is 8.78 Å². The van der Waals surface area contributed by atoms with Gasteiger partial charge in [-0.2, -0.15) is 0 Å². The maximum Gasteiger partial charge on any atom is 0.210 e. The standard InChI is InChI=1S/C22H22FNO7S3.C21H20FNO7S3/c1-15(24-32(3,25)26)16-8-11-18(12-9-16)33(27,28)21-13-10-17(31-2)14-22(21)34(29,30)20-7-5-4-6-19(20)23;1-14(23-31(2,25)26)15-7-10-17(11-8-15)32(27,28)20-12-9-16(24)13-21(20)33(29,30)19-6-4-3-5-18(19)22/h4-15,24H,1-3H3;3-14,23-24H,1-2H3/t15-;14-/m00/s1. The molecule has 0 saturated heterocycles. The number of phenols is 1. The summed E-state index contributed by atoms with van der Waals surface area (Å²) in [6, 6.07) is 24.5. The number of rotatable bonds is 15. The predicted octanol–water partition coefficient (Wildman–Crippen LogP) is 5.92. The smallest absolute Gasteiger partial charge is 0.210 e. The van der Waals surface area contributed by atoms with Gasteiger partial charge in [-0.3, -0.25) is 0 Å². The zero-order valence-electron chi connectivity index (χ0n) is 35.8. The van der Waals surface area contributed by atoms with E-state index in [9.17, 15) is 64.4 Å². The van der Waals surface area contributed by atoms with Crippen molar-refractivity contribution < 1.29 is 69.1 Å². The molecule has 16 nitrogen and oxygen atoms in total. The molecule has 2 atom stereocenters. The van der Waals surface area contributed by atoms with Crippen molar-refractivity contribution in [1.82, 2.24) is 9.44 Å². The molecule has 358 valence electrons. The second-order valence-corrected chi connectivity index (χ2v) is 25.8. The molecule has 0 aliphatic carbocycles. The number of nitrogens with one attached hydrogen (secondary N) is 2. The molecule has 3 N–H and O–H groups in total. The Balaban J connectivity index is 0.000000251. The van der Waals surface area contributed by atoms with Crippen molar-refractivity contribution in [3.8, 4) is 11.5 Å². The van der Waals surface area contributed by atoms with Gasteiger partial charge in [0, 0.05) is 24.2 Å². The highest BCUT2D eigenvalue weighted by molar-refractivity contribution is 7.95. The lowest BCUT2D eigenvalue weighted by atomic mass is 10.1. The minimum absolute atomic E-state index is 0.0740. The molecule has 0 aliphatic rings. The number of hydrogen-bond acceptors (Lipinski definition) is 14. The van der Waals surface area contributed by atoms with Crippen molar-refractivity contribution in [2.75, 3.05) is 19.6 Å². The molecule has 0 aliphatic heterocycles. The summed E-state index contributed by atoms with van der Waals surface area (Å²) < 4.78 is 190. The Morgan fingerprint density at radius 1 is 0.448 bits per heavy atom. The summed E-state index contributed by atoms with van der Waals surface area (Å²) in [6.45, 7) is 3.16. The summed E-state index contributed by atoms with van der Waals surface area (Å²) >= 11 is 0. The van der Waals surface area contributed by atoms with Crippen LogP contribution in [0.2, 0.25) is 0 Å². The van der Waals surface area contributed by atoms with Crippen LogP contribution < -0.4 is 14.2 Å². The number of halogens is 2. The molecule has 0 heterocycles. The maximum atomic E-state index is 14.3. The molecule has 0 bridgehead atoms. The van der Waals surface area contributed by atoms with E-state index >= 15 is 0 Å². The monoisotopic (exact) mass is 1040 g/mol. The quantitative estimate of drug-likeness (QED) is 0.108. The first-order valence-corrected chi connectivity index (χ1v) is 28.9. The van der Waals surface area contributed by atoms with Crippen molar-refractivity contribution in [1.29, 1.82) is 0 Å². The third-order valence-corrected chi connectivity index (χ3v) is 18.8. The Kier molecular flexibility index (Phi) is 15.6. The van der Waals surface area contributed by atoms with Crippen LogP contribution in [0.15, 0.2) is 173 Å². The predicted molar refractivity (Wildman–Crippen MR) is 241 cm³/mol. The van der Waals surface area contributed by atoms with E-state index < -0.39 is 118 Å². The summed E-state index contributed by atoms with van der Waals surface area (Å²) in [6.07, 6.45) is 1.99. The van der Waals surface area contributed by atoms with Crippen LogP contribution in [0.1, 0.15) is 37.1 Å². The maximum absolute atomic E-state index is 14.3. The van der Waals surface area contributed by atoms with Crippen molar-refractivity contribution >= 4 is 59.4 Å². The molecule has 0 amide bonds. The molecule has 0 aromatic heterocycles. The summed E-state index contributed by atoms with van der Waals surface area (Å²) in [5.41, 5.74) is 0.975. The minimum atomic E-state index is -4.65. The number of benzene rings is 6. The molecule has 0 saturated carbocycles. The molecule has 0 radical (unpaired) electrons. The van der Waals surface area contributed by atoms with E-state index in [4.69, 9.17) is 4.74 Å². The van der Waals surface area contributed by atoms with Gasteiger partial charge < -0.3 is 9.84 Å². The normalized spacial score (nSPS) is 13.5. The largest absolute Gasteiger partial charge is 0.508 e. The topological polar surface area (TPSA) is 258 Å². The third kappa shape index (κ3) is 12.1. The zero-order chi connectivity index (χ0) is 49.9. The van der Waals surface area contributed by atoms with E-state index in [1.807, 2.05) is 0 Å². The number of sulfonamides is 2. The van der Waals surface area contributed by atoms with E-state index in [1.54, 1.807) is 13.8 Å². The van der Waals surface area contributed by atoms with Gasteiger partial charge in [-0.05, 0) is 97.8 Å². The molecular weight excluding hydrogens is 999 g/mol. The van der Waals surface area contributed by atoms with Gasteiger partial charge in [-0.1, -0.05) is 48.5 Å². The SMILES string of the molecule is COc1ccc(S(=O)(=O)c2ccc([C@H](C)NS(C)(=O)=O)cc2)c(S(=O)(=O)c2ccccc2F)c1.C[C@H](NS(C)(=O)=O)c1ccc(S(=O)(=O)c2ccc(O)cc2S(=O)(=O)c2ccccc2F)cc1. The number of phenolic OH excluding ortho intramolecular Hbond substituents is 1. The highest BCUT2D eigenvalue weighted by Gasteiger charge is 2.33. The van der Waals surface area contributed by atoms with Gasteiger partial charge in [0.05, 0.1) is 49.0 Å². The van der Waals surface area contributed by atoms with E-state index in [2.05, 4.69) is 9.44 Å². The fourth-order valence-electron chi connectivity index (χ4n) is 6.44. The van der Waals surface area contributed by atoms with E-state index in [0.717, 1.165) is 67.1 Å². The summed E-state index contributed by atoms with van der Waals surface area (Å²) in [5.74, 6) is -2.53. The lowest BCUT2D eigenvalue weighted by Gasteiger charge is -2.15. The Morgan fingerprint density at radius 2 is 0.806 bits per heavy atom. The number of hydrogen-bond donors (Lipinski definition) is 3. The Bertz CT molecular complexity index is 3520. The van der Waals surface area contributed by atoms with Crippen LogP contribution in [0, 0.1) is 11.6 Å². The molecule has 0 unspecified atom stereocenters. The van der Waals surface area contributed by atoms with Crippen LogP contribution in [0.25, 0.3) is 0 Å².